The summed E-state index contributed by atoms with van der Waals surface area (Å²) in [6.45, 7) is 1.91. The highest BCUT2D eigenvalue weighted by molar-refractivity contribution is 9.10. The highest BCUT2D eigenvalue weighted by Gasteiger charge is 2.19. The lowest BCUT2D eigenvalue weighted by Gasteiger charge is -2.16. The number of nitrogens with one attached hydrogen (secondary N) is 1. The number of hydrogen-bond acceptors (Lipinski definition) is 2. The Morgan fingerprint density at radius 2 is 1.76 bits per heavy atom. The fraction of sp³-hybridized carbons (Fsp3) is 0.125. The SMILES string of the molecule is Cc1cc(NC(=O)C(=O)N(C)c2ccccc2)ccc1Br. The third kappa shape index (κ3) is 3.70. The Bertz CT molecular complexity index is 671. The minimum Gasteiger partial charge on any atom is -0.318 e. The number of benzene rings is 2. The molecule has 0 heterocycles. The number of aryl methyl sites for hydroxylation is 1. The molecule has 108 valence electrons. The highest BCUT2D eigenvalue weighted by Crippen LogP contribution is 2.20. The molecule has 0 aliphatic heterocycles. The number of hydrogen-bond donors (Lipinski definition) is 1. The summed E-state index contributed by atoms with van der Waals surface area (Å²) in [6, 6.07) is 14.4. The van der Waals surface area contributed by atoms with E-state index in [4.69, 9.17) is 0 Å². The van der Waals surface area contributed by atoms with Crippen molar-refractivity contribution in [2.75, 3.05) is 17.3 Å². The van der Waals surface area contributed by atoms with Crippen LogP contribution in [0.2, 0.25) is 0 Å². The van der Waals surface area contributed by atoms with Crippen molar-refractivity contribution in [1.29, 1.82) is 0 Å². The number of likely N-dealkylation sites (N-methyl/N-ethyl adjacent to an activating group) is 1. The van der Waals surface area contributed by atoms with Crippen molar-refractivity contribution < 1.29 is 9.59 Å². The van der Waals surface area contributed by atoms with Crippen molar-refractivity contribution in [3.63, 3.8) is 0 Å². The lowest BCUT2D eigenvalue weighted by Crippen LogP contribution is -2.37. The molecule has 2 rings (SSSR count). The Labute approximate surface area is 131 Å². The summed E-state index contributed by atoms with van der Waals surface area (Å²) in [4.78, 5) is 25.4. The van der Waals surface area contributed by atoms with Crippen molar-refractivity contribution in [2.24, 2.45) is 0 Å². The average Bonchev–Trinajstić information content (AvgIpc) is 2.50. The van der Waals surface area contributed by atoms with Crippen molar-refractivity contribution in [2.45, 2.75) is 6.92 Å². The van der Waals surface area contributed by atoms with E-state index in [0.29, 0.717) is 11.4 Å². The number of para-hydroxylation sites is 1. The largest absolute Gasteiger partial charge is 0.318 e. The number of halogens is 1. The van der Waals surface area contributed by atoms with Crippen LogP contribution < -0.4 is 10.2 Å². The van der Waals surface area contributed by atoms with Crippen molar-refractivity contribution in [3.05, 3.63) is 58.6 Å². The first kappa shape index (κ1) is 15.3. The first-order valence-electron chi connectivity index (χ1n) is 6.39. The van der Waals surface area contributed by atoms with Crippen molar-refractivity contribution >= 4 is 39.1 Å². The predicted octanol–water partition coefficient (Wildman–Crippen LogP) is 3.36. The maximum absolute atomic E-state index is 12.1. The molecule has 0 saturated heterocycles. The minimum absolute atomic E-state index is 0.593. The molecule has 2 aromatic rings. The van der Waals surface area contributed by atoms with Crippen LogP contribution in [0.25, 0.3) is 0 Å². The lowest BCUT2D eigenvalue weighted by atomic mass is 10.2. The fourth-order valence-corrected chi connectivity index (χ4v) is 2.07. The molecule has 4 nitrogen and oxygen atoms in total. The van der Waals surface area contributed by atoms with E-state index in [1.807, 2.05) is 31.2 Å². The molecule has 2 aromatic carbocycles. The Balaban J connectivity index is 2.09. The van der Waals surface area contributed by atoms with Gasteiger partial charge in [-0.05, 0) is 42.8 Å². The van der Waals surface area contributed by atoms with Gasteiger partial charge in [-0.15, -0.1) is 0 Å². The Hall–Kier alpha value is -2.14. The summed E-state index contributed by atoms with van der Waals surface area (Å²) in [5.41, 5.74) is 2.25. The summed E-state index contributed by atoms with van der Waals surface area (Å²) in [5, 5.41) is 2.61. The van der Waals surface area contributed by atoms with Crippen LogP contribution in [0.3, 0.4) is 0 Å². The van der Waals surface area contributed by atoms with Gasteiger partial charge < -0.3 is 10.2 Å². The number of nitrogens with zero attached hydrogens (tertiary/aromatic N) is 1. The van der Waals surface area contributed by atoms with Gasteiger partial charge in [0.2, 0.25) is 0 Å². The van der Waals surface area contributed by atoms with Crippen LogP contribution in [0, 0.1) is 6.92 Å². The topological polar surface area (TPSA) is 49.4 Å². The molecule has 2 amide bonds. The first-order chi connectivity index (χ1) is 9.99. The standard InChI is InChI=1S/C16H15BrN2O2/c1-11-10-12(8-9-14(11)17)18-15(20)16(21)19(2)13-6-4-3-5-7-13/h3-10H,1-2H3,(H,18,20). The van der Waals surface area contributed by atoms with E-state index in [9.17, 15) is 9.59 Å². The molecule has 0 aliphatic carbocycles. The molecular weight excluding hydrogens is 332 g/mol. The van der Waals surface area contributed by atoms with Gasteiger partial charge in [-0.2, -0.15) is 0 Å². The summed E-state index contributed by atoms with van der Waals surface area (Å²) in [5.74, 6) is -1.27. The summed E-state index contributed by atoms with van der Waals surface area (Å²) >= 11 is 3.39. The molecule has 0 radical (unpaired) electrons. The molecule has 0 fully saturated rings. The number of carbonyl (C=O) groups excluding carboxylic acids is 2. The third-order valence-electron chi connectivity index (χ3n) is 3.06. The van der Waals surface area contributed by atoms with Gasteiger partial charge in [0.1, 0.15) is 0 Å². The van der Waals surface area contributed by atoms with Crippen LogP contribution in [0.4, 0.5) is 11.4 Å². The first-order valence-corrected chi connectivity index (χ1v) is 7.18. The molecule has 0 aliphatic rings. The third-order valence-corrected chi connectivity index (χ3v) is 3.95. The summed E-state index contributed by atoms with van der Waals surface area (Å²) < 4.78 is 0.952. The monoisotopic (exact) mass is 346 g/mol. The Kier molecular flexibility index (Phi) is 4.75. The number of rotatable bonds is 2. The van der Waals surface area contributed by atoms with Crippen LogP contribution in [0.1, 0.15) is 5.56 Å². The predicted molar refractivity (Wildman–Crippen MR) is 87.4 cm³/mol. The molecule has 0 unspecified atom stereocenters. The number of amides is 2. The maximum atomic E-state index is 12.1. The van der Waals surface area contributed by atoms with Gasteiger partial charge in [-0.25, -0.2) is 0 Å². The normalized spacial score (nSPS) is 10.0. The summed E-state index contributed by atoms with van der Waals surface area (Å²) in [7, 11) is 1.57. The second-order valence-corrected chi connectivity index (χ2v) is 5.47. The van der Waals surface area contributed by atoms with Gasteiger partial charge in [-0.1, -0.05) is 34.1 Å². The zero-order chi connectivity index (χ0) is 15.4. The van der Waals surface area contributed by atoms with Crippen molar-refractivity contribution in [3.8, 4) is 0 Å². The van der Waals surface area contributed by atoms with Gasteiger partial charge in [0.25, 0.3) is 0 Å². The molecule has 0 aromatic heterocycles. The lowest BCUT2D eigenvalue weighted by molar-refractivity contribution is -0.134. The quantitative estimate of drug-likeness (QED) is 0.847. The van der Waals surface area contributed by atoms with E-state index < -0.39 is 11.8 Å². The van der Waals surface area contributed by atoms with E-state index in [0.717, 1.165) is 10.0 Å². The second-order valence-electron chi connectivity index (χ2n) is 4.62. The van der Waals surface area contributed by atoms with Gasteiger partial charge in [-0.3, -0.25) is 9.59 Å². The smallest absolute Gasteiger partial charge is 0.316 e. The minimum atomic E-state index is -0.664. The zero-order valence-corrected chi connectivity index (χ0v) is 13.3. The van der Waals surface area contributed by atoms with E-state index in [2.05, 4.69) is 21.2 Å². The van der Waals surface area contributed by atoms with Gasteiger partial charge in [0.15, 0.2) is 0 Å². The second kappa shape index (κ2) is 6.54. The van der Waals surface area contributed by atoms with Gasteiger partial charge >= 0.3 is 11.8 Å². The molecule has 0 saturated carbocycles. The van der Waals surface area contributed by atoms with E-state index in [-0.39, 0.29) is 0 Å². The Morgan fingerprint density at radius 1 is 1.10 bits per heavy atom. The fourth-order valence-electron chi connectivity index (χ4n) is 1.83. The maximum Gasteiger partial charge on any atom is 0.316 e. The summed E-state index contributed by atoms with van der Waals surface area (Å²) in [6.07, 6.45) is 0. The Morgan fingerprint density at radius 3 is 2.38 bits per heavy atom. The van der Waals surface area contributed by atoms with Crippen LogP contribution in [0.15, 0.2) is 53.0 Å². The zero-order valence-electron chi connectivity index (χ0n) is 11.8. The molecular formula is C16H15BrN2O2. The van der Waals surface area contributed by atoms with Crippen LogP contribution in [-0.4, -0.2) is 18.9 Å². The average molecular weight is 347 g/mol. The molecule has 1 N–H and O–H groups in total. The van der Waals surface area contributed by atoms with Gasteiger partial charge in [0.05, 0.1) is 0 Å². The molecule has 0 bridgehead atoms. The van der Waals surface area contributed by atoms with Crippen LogP contribution in [-0.2, 0) is 9.59 Å². The van der Waals surface area contributed by atoms with Crippen molar-refractivity contribution in [1.82, 2.24) is 0 Å². The van der Waals surface area contributed by atoms with E-state index in [1.54, 1.807) is 31.3 Å². The van der Waals surface area contributed by atoms with E-state index >= 15 is 0 Å². The molecule has 0 atom stereocenters. The van der Waals surface area contributed by atoms with Crippen LogP contribution in [0.5, 0.6) is 0 Å². The molecule has 0 spiro atoms. The molecule has 21 heavy (non-hydrogen) atoms. The van der Waals surface area contributed by atoms with Crippen LogP contribution >= 0.6 is 15.9 Å². The van der Waals surface area contributed by atoms with E-state index in [1.165, 1.54) is 4.90 Å². The number of carbonyl (C=O) groups is 2. The highest BCUT2D eigenvalue weighted by atomic mass is 79.9. The molecule has 5 heteroatoms. The number of anilines is 2. The van der Waals surface area contributed by atoms with Gasteiger partial charge in [0, 0.05) is 22.9 Å².